The largest absolute Gasteiger partial charge is 0.454 e. The van der Waals surface area contributed by atoms with Crippen LogP contribution in [0.3, 0.4) is 0 Å². The fourth-order valence-electron chi connectivity index (χ4n) is 3.41. The summed E-state index contributed by atoms with van der Waals surface area (Å²) in [5, 5.41) is 13.4. The molecule has 0 saturated carbocycles. The highest BCUT2D eigenvalue weighted by atomic mass is 16.7. The summed E-state index contributed by atoms with van der Waals surface area (Å²) in [7, 11) is 0. The summed E-state index contributed by atoms with van der Waals surface area (Å²) in [5.74, 6) is 0.587. The summed E-state index contributed by atoms with van der Waals surface area (Å²) >= 11 is 0. The van der Waals surface area contributed by atoms with Crippen molar-refractivity contribution >= 4 is 23.2 Å². The first-order chi connectivity index (χ1) is 14.5. The van der Waals surface area contributed by atoms with E-state index < -0.39 is 4.92 Å². The number of ether oxygens (including phenoxy) is 2. The van der Waals surface area contributed by atoms with Crippen LogP contribution in [-0.4, -0.2) is 61.2 Å². The standard InChI is InChI=1S/C20H20N4O6/c25-19(12-21-20(26)14-1-6-17-18(11-14)30-13-29-17)23-9-7-22(8-10-23)15-2-4-16(5-3-15)24(27)28/h1-6,11H,7-10,12-13H2,(H,21,26). The van der Waals surface area contributed by atoms with Gasteiger partial charge in [-0.3, -0.25) is 19.7 Å². The lowest BCUT2D eigenvalue weighted by Crippen LogP contribution is -2.51. The molecule has 2 heterocycles. The van der Waals surface area contributed by atoms with E-state index in [0.29, 0.717) is 43.2 Å². The monoisotopic (exact) mass is 412 g/mol. The van der Waals surface area contributed by atoms with Gasteiger partial charge in [0.1, 0.15) is 0 Å². The molecule has 0 radical (unpaired) electrons. The highest BCUT2D eigenvalue weighted by molar-refractivity contribution is 5.97. The van der Waals surface area contributed by atoms with Gasteiger partial charge in [-0.05, 0) is 30.3 Å². The number of hydrogen-bond donors (Lipinski definition) is 1. The van der Waals surface area contributed by atoms with E-state index in [1.165, 1.54) is 12.1 Å². The Bertz CT molecular complexity index is 970. The summed E-state index contributed by atoms with van der Waals surface area (Å²) in [5.41, 5.74) is 1.32. The van der Waals surface area contributed by atoms with E-state index in [4.69, 9.17) is 9.47 Å². The number of nitrogens with one attached hydrogen (secondary N) is 1. The van der Waals surface area contributed by atoms with E-state index in [1.807, 2.05) is 0 Å². The summed E-state index contributed by atoms with van der Waals surface area (Å²) < 4.78 is 10.5. The third kappa shape index (κ3) is 4.12. The van der Waals surface area contributed by atoms with Gasteiger partial charge >= 0.3 is 0 Å². The quantitative estimate of drug-likeness (QED) is 0.583. The van der Waals surface area contributed by atoms with Crippen molar-refractivity contribution < 1.29 is 24.0 Å². The van der Waals surface area contributed by atoms with Crippen LogP contribution >= 0.6 is 0 Å². The van der Waals surface area contributed by atoms with Gasteiger partial charge in [0, 0.05) is 49.6 Å². The predicted molar refractivity (Wildman–Crippen MR) is 107 cm³/mol. The molecule has 156 valence electrons. The summed E-state index contributed by atoms with van der Waals surface area (Å²) in [6.07, 6.45) is 0. The Kier molecular flexibility index (Phi) is 5.38. The van der Waals surface area contributed by atoms with E-state index in [9.17, 15) is 19.7 Å². The molecule has 4 rings (SSSR count). The van der Waals surface area contributed by atoms with Crippen LogP contribution < -0.4 is 19.7 Å². The molecule has 1 fully saturated rings. The maximum absolute atomic E-state index is 12.5. The van der Waals surface area contributed by atoms with Crippen LogP contribution in [0, 0.1) is 10.1 Å². The molecule has 10 heteroatoms. The van der Waals surface area contributed by atoms with E-state index >= 15 is 0 Å². The zero-order chi connectivity index (χ0) is 21.1. The minimum atomic E-state index is -0.432. The molecule has 2 aliphatic rings. The molecule has 10 nitrogen and oxygen atoms in total. The molecule has 2 aromatic rings. The molecular weight excluding hydrogens is 392 g/mol. The second-order valence-electron chi connectivity index (χ2n) is 6.89. The van der Waals surface area contributed by atoms with Gasteiger partial charge in [0.25, 0.3) is 11.6 Å². The number of carbonyl (C=O) groups excluding carboxylic acids is 2. The van der Waals surface area contributed by atoms with Crippen molar-refractivity contribution in [2.45, 2.75) is 0 Å². The molecule has 2 amide bonds. The predicted octanol–water partition coefficient (Wildman–Crippen LogP) is 1.40. The zero-order valence-corrected chi connectivity index (χ0v) is 16.1. The number of fused-ring (bicyclic) bond motifs is 1. The number of benzene rings is 2. The first-order valence-corrected chi connectivity index (χ1v) is 9.46. The number of rotatable bonds is 5. The van der Waals surface area contributed by atoms with Crippen molar-refractivity contribution in [2.75, 3.05) is 44.4 Å². The fraction of sp³-hybridized carbons (Fsp3) is 0.300. The van der Waals surface area contributed by atoms with Gasteiger partial charge in [0.15, 0.2) is 11.5 Å². The highest BCUT2D eigenvalue weighted by Crippen LogP contribution is 2.32. The smallest absolute Gasteiger partial charge is 0.269 e. The van der Waals surface area contributed by atoms with Crippen molar-refractivity contribution in [1.29, 1.82) is 0 Å². The summed E-state index contributed by atoms with van der Waals surface area (Å²) in [4.78, 5) is 38.9. The Morgan fingerprint density at radius 1 is 1.00 bits per heavy atom. The van der Waals surface area contributed by atoms with Gasteiger partial charge in [0.2, 0.25) is 12.7 Å². The lowest BCUT2D eigenvalue weighted by atomic mass is 10.2. The number of hydrogen-bond acceptors (Lipinski definition) is 7. The zero-order valence-electron chi connectivity index (χ0n) is 16.1. The van der Waals surface area contributed by atoms with Crippen LogP contribution in [0.5, 0.6) is 11.5 Å². The molecule has 0 unspecified atom stereocenters. The normalized spacial score (nSPS) is 15.1. The molecule has 0 aromatic heterocycles. The first-order valence-electron chi connectivity index (χ1n) is 9.46. The minimum Gasteiger partial charge on any atom is -0.454 e. The van der Waals surface area contributed by atoms with Crippen molar-refractivity contribution in [3.05, 3.63) is 58.1 Å². The van der Waals surface area contributed by atoms with Gasteiger partial charge in [-0.25, -0.2) is 0 Å². The molecule has 1 saturated heterocycles. The van der Waals surface area contributed by atoms with E-state index in [-0.39, 0.29) is 30.8 Å². The topological polar surface area (TPSA) is 114 Å². The van der Waals surface area contributed by atoms with Gasteiger partial charge in [0.05, 0.1) is 11.5 Å². The number of non-ortho nitro benzene ring substituents is 1. The maximum atomic E-state index is 12.5. The second-order valence-corrected chi connectivity index (χ2v) is 6.89. The average molecular weight is 412 g/mol. The van der Waals surface area contributed by atoms with Crippen molar-refractivity contribution in [1.82, 2.24) is 10.2 Å². The van der Waals surface area contributed by atoms with Crippen molar-refractivity contribution in [2.24, 2.45) is 0 Å². The van der Waals surface area contributed by atoms with Gasteiger partial charge < -0.3 is 24.6 Å². The SMILES string of the molecule is O=C(NCC(=O)N1CCN(c2ccc([N+](=O)[O-])cc2)CC1)c1ccc2c(c1)OCO2. The van der Waals surface area contributed by atoms with Crippen molar-refractivity contribution in [3.63, 3.8) is 0 Å². The fourth-order valence-corrected chi connectivity index (χ4v) is 3.41. The molecule has 2 aliphatic heterocycles. The Morgan fingerprint density at radius 3 is 2.40 bits per heavy atom. The molecule has 0 spiro atoms. The number of piperazine rings is 1. The molecule has 0 bridgehead atoms. The number of anilines is 1. The molecule has 1 N–H and O–H groups in total. The van der Waals surface area contributed by atoms with Crippen LogP contribution in [0.15, 0.2) is 42.5 Å². The Labute approximate surface area is 172 Å². The maximum Gasteiger partial charge on any atom is 0.269 e. The van der Waals surface area contributed by atoms with Gasteiger partial charge in [-0.2, -0.15) is 0 Å². The van der Waals surface area contributed by atoms with Gasteiger partial charge in [-0.1, -0.05) is 0 Å². The lowest BCUT2D eigenvalue weighted by Gasteiger charge is -2.36. The molecule has 0 aliphatic carbocycles. The lowest BCUT2D eigenvalue weighted by molar-refractivity contribution is -0.384. The molecule has 0 atom stereocenters. The van der Waals surface area contributed by atoms with Crippen LogP contribution in [0.2, 0.25) is 0 Å². The summed E-state index contributed by atoms with van der Waals surface area (Å²) in [6, 6.07) is 11.2. The van der Waals surface area contributed by atoms with Crippen LogP contribution in [0.1, 0.15) is 10.4 Å². The van der Waals surface area contributed by atoms with Gasteiger partial charge in [-0.15, -0.1) is 0 Å². The molecule has 30 heavy (non-hydrogen) atoms. The first kappa shape index (κ1) is 19.5. The molecular formula is C20H20N4O6. The Balaban J connectivity index is 1.26. The highest BCUT2D eigenvalue weighted by Gasteiger charge is 2.22. The molecule has 2 aromatic carbocycles. The minimum absolute atomic E-state index is 0.0470. The second kappa shape index (κ2) is 8.27. The van der Waals surface area contributed by atoms with Crippen LogP contribution in [0.4, 0.5) is 11.4 Å². The van der Waals surface area contributed by atoms with Crippen molar-refractivity contribution in [3.8, 4) is 11.5 Å². The number of nitro groups is 1. The number of nitrogens with zero attached hydrogens (tertiary/aromatic N) is 3. The number of nitro benzene ring substituents is 1. The van der Waals surface area contributed by atoms with Crippen LogP contribution in [-0.2, 0) is 4.79 Å². The third-order valence-electron chi connectivity index (χ3n) is 5.09. The van der Waals surface area contributed by atoms with E-state index in [0.717, 1.165) is 5.69 Å². The van der Waals surface area contributed by atoms with Crippen LogP contribution in [0.25, 0.3) is 0 Å². The Morgan fingerprint density at radius 2 is 1.70 bits per heavy atom. The Hall–Kier alpha value is -3.82. The number of amides is 2. The number of carbonyl (C=O) groups is 2. The van der Waals surface area contributed by atoms with E-state index in [2.05, 4.69) is 10.2 Å². The average Bonchev–Trinajstić information content (AvgIpc) is 3.25. The van der Waals surface area contributed by atoms with E-state index in [1.54, 1.807) is 35.2 Å². The third-order valence-corrected chi connectivity index (χ3v) is 5.09. The summed E-state index contributed by atoms with van der Waals surface area (Å²) in [6.45, 7) is 2.28.